The molecule has 0 atom stereocenters. The predicted molar refractivity (Wildman–Crippen MR) is 93.6 cm³/mol. The average Bonchev–Trinajstić information content (AvgIpc) is 3.40. The number of hydrogen-bond acceptors (Lipinski definition) is 8. The summed E-state index contributed by atoms with van der Waals surface area (Å²) in [7, 11) is 0. The first kappa shape index (κ1) is 17.1. The molecule has 1 aromatic carbocycles. The first-order chi connectivity index (χ1) is 13.1. The van der Waals surface area contributed by atoms with E-state index < -0.39 is 17.8 Å². The van der Waals surface area contributed by atoms with E-state index in [-0.39, 0.29) is 17.5 Å². The van der Waals surface area contributed by atoms with Gasteiger partial charge >= 0.3 is 5.97 Å². The monoisotopic (exact) mass is 383 g/mol. The van der Waals surface area contributed by atoms with Crippen LogP contribution < -0.4 is 0 Å². The number of hydrogen-bond donors (Lipinski definition) is 0. The minimum atomic E-state index is -0.678. The third kappa shape index (κ3) is 3.36. The molecule has 0 unspecified atom stereocenters. The van der Waals surface area contributed by atoms with Crippen LogP contribution in [0, 0.1) is 0 Å². The highest BCUT2D eigenvalue weighted by molar-refractivity contribution is 7.13. The number of rotatable bonds is 6. The maximum atomic E-state index is 12.1. The second kappa shape index (κ2) is 7.12. The number of amides is 2. The molecule has 0 saturated carbocycles. The SMILES string of the molecule is O=C(CCCc1nc(-c2cccs2)no1)ON1C(=O)c2ccccc2C1=O. The molecule has 0 radical (unpaired) electrons. The van der Waals surface area contributed by atoms with Crippen LogP contribution >= 0.6 is 11.3 Å². The van der Waals surface area contributed by atoms with Crippen molar-refractivity contribution in [3.63, 3.8) is 0 Å². The Balaban J connectivity index is 1.30. The van der Waals surface area contributed by atoms with Crippen molar-refractivity contribution in [1.82, 2.24) is 15.2 Å². The van der Waals surface area contributed by atoms with Crippen LogP contribution in [0.2, 0.25) is 0 Å². The largest absolute Gasteiger partial charge is 0.339 e. The van der Waals surface area contributed by atoms with E-state index in [2.05, 4.69) is 10.1 Å². The standard InChI is InChI=1S/C18H13N3O5S/c22-15(26-21-17(23)11-5-1-2-6-12(11)18(21)24)9-3-8-14-19-16(20-25-14)13-7-4-10-27-13/h1-2,4-7,10H,3,8-9H2. The molecular weight excluding hydrogens is 370 g/mol. The van der Waals surface area contributed by atoms with Crippen LogP contribution in [-0.4, -0.2) is 33.0 Å². The number of benzene rings is 1. The second-order valence-electron chi connectivity index (χ2n) is 5.76. The molecule has 4 rings (SSSR count). The quantitative estimate of drug-likeness (QED) is 0.603. The van der Waals surface area contributed by atoms with Crippen molar-refractivity contribution in [3.8, 4) is 10.7 Å². The first-order valence-electron chi connectivity index (χ1n) is 8.18. The molecule has 1 aliphatic heterocycles. The van der Waals surface area contributed by atoms with Crippen LogP contribution in [0.3, 0.4) is 0 Å². The molecule has 0 aliphatic carbocycles. The Kier molecular flexibility index (Phi) is 4.51. The van der Waals surface area contributed by atoms with E-state index in [1.807, 2.05) is 17.5 Å². The average molecular weight is 383 g/mol. The molecule has 3 aromatic rings. The Hall–Kier alpha value is -3.33. The lowest BCUT2D eigenvalue weighted by molar-refractivity contribution is -0.168. The fourth-order valence-corrected chi connectivity index (χ4v) is 3.29. The molecular formula is C18H13N3O5S. The van der Waals surface area contributed by atoms with Gasteiger partial charge in [-0.15, -0.1) is 11.3 Å². The van der Waals surface area contributed by atoms with Crippen molar-refractivity contribution in [3.05, 3.63) is 58.8 Å². The third-order valence-electron chi connectivity index (χ3n) is 3.93. The van der Waals surface area contributed by atoms with Gasteiger partial charge in [-0.1, -0.05) is 28.4 Å². The minimum Gasteiger partial charge on any atom is -0.339 e. The summed E-state index contributed by atoms with van der Waals surface area (Å²) in [6.07, 6.45) is 0.772. The van der Waals surface area contributed by atoms with E-state index in [4.69, 9.17) is 9.36 Å². The van der Waals surface area contributed by atoms with E-state index in [0.717, 1.165) is 4.88 Å². The third-order valence-corrected chi connectivity index (χ3v) is 4.80. The number of nitrogens with zero attached hydrogens (tertiary/aromatic N) is 3. The summed E-state index contributed by atoms with van der Waals surface area (Å²) in [6.45, 7) is 0. The number of carbonyl (C=O) groups is 3. The summed E-state index contributed by atoms with van der Waals surface area (Å²) in [5.41, 5.74) is 0.449. The van der Waals surface area contributed by atoms with Gasteiger partial charge in [0.1, 0.15) is 0 Å². The fourth-order valence-electron chi connectivity index (χ4n) is 2.64. The summed E-state index contributed by atoms with van der Waals surface area (Å²) in [6, 6.07) is 10.1. The summed E-state index contributed by atoms with van der Waals surface area (Å²) >= 11 is 1.50. The summed E-state index contributed by atoms with van der Waals surface area (Å²) in [4.78, 5) is 46.4. The van der Waals surface area contributed by atoms with E-state index in [1.54, 1.807) is 12.1 Å². The molecule has 0 bridgehead atoms. The topological polar surface area (TPSA) is 103 Å². The van der Waals surface area contributed by atoms with Gasteiger partial charge in [-0.2, -0.15) is 4.98 Å². The molecule has 1 aliphatic rings. The Labute approximate surface area is 157 Å². The highest BCUT2D eigenvalue weighted by Gasteiger charge is 2.38. The molecule has 3 heterocycles. The van der Waals surface area contributed by atoms with Gasteiger partial charge < -0.3 is 9.36 Å². The zero-order valence-corrected chi connectivity index (χ0v) is 14.8. The van der Waals surface area contributed by atoms with Gasteiger partial charge in [0.2, 0.25) is 11.7 Å². The summed E-state index contributed by atoms with van der Waals surface area (Å²) < 4.78 is 5.15. The van der Waals surface area contributed by atoms with Gasteiger partial charge in [0.25, 0.3) is 11.8 Å². The molecule has 27 heavy (non-hydrogen) atoms. The zero-order chi connectivity index (χ0) is 18.8. The molecule has 0 fully saturated rings. The predicted octanol–water partition coefficient (Wildman–Crippen LogP) is 2.88. The van der Waals surface area contributed by atoms with Crippen LogP contribution in [0.25, 0.3) is 10.7 Å². The fraction of sp³-hybridized carbons (Fsp3) is 0.167. The lowest BCUT2D eigenvalue weighted by Crippen LogP contribution is -2.32. The number of fused-ring (bicyclic) bond motifs is 1. The normalized spacial score (nSPS) is 13.1. The van der Waals surface area contributed by atoms with Crippen LogP contribution in [-0.2, 0) is 16.1 Å². The van der Waals surface area contributed by atoms with Gasteiger partial charge in [-0.3, -0.25) is 9.59 Å². The Bertz CT molecular complexity index is 977. The van der Waals surface area contributed by atoms with Crippen LogP contribution in [0.5, 0.6) is 0 Å². The van der Waals surface area contributed by atoms with Crippen LogP contribution in [0.15, 0.2) is 46.3 Å². The number of aryl methyl sites for hydroxylation is 1. The molecule has 0 saturated heterocycles. The van der Waals surface area contributed by atoms with Crippen molar-refractivity contribution in [2.45, 2.75) is 19.3 Å². The molecule has 8 nitrogen and oxygen atoms in total. The minimum absolute atomic E-state index is 0.00409. The van der Waals surface area contributed by atoms with E-state index in [9.17, 15) is 14.4 Å². The molecule has 0 spiro atoms. The highest BCUT2D eigenvalue weighted by atomic mass is 32.1. The van der Waals surface area contributed by atoms with Gasteiger partial charge in [-0.25, -0.2) is 4.79 Å². The van der Waals surface area contributed by atoms with Gasteiger partial charge in [0.15, 0.2) is 0 Å². The number of imide groups is 1. The van der Waals surface area contributed by atoms with Gasteiger partial charge in [-0.05, 0) is 30.0 Å². The van der Waals surface area contributed by atoms with Crippen molar-refractivity contribution < 1.29 is 23.7 Å². The summed E-state index contributed by atoms with van der Waals surface area (Å²) in [5, 5.41) is 6.32. The van der Waals surface area contributed by atoms with Crippen molar-refractivity contribution in [2.75, 3.05) is 0 Å². The maximum Gasteiger partial charge on any atom is 0.333 e. The Morgan fingerprint density at radius 1 is 1.11 bits per heavy atom. The van der Waals surface area contributed by atoms with Crippen molar-refractivity contribution in [2.24, 2.45) is 0 Å². The van der Waals surface area contributed by atoms with Gasteiger partial charge in [0.05, 0.1) is 16.0 Å². The summed E-state index contributed by atoms with van der Waals surface area (Å²) in [5.74, 6) is -1.04. The molecule has 136 valence electrons. The Morgan fingerprint density at radius 2 is 1.85 bits per heavy atom. The number of hydroxylamine groups is 2. The first-order valence-corrected chi connectivity index (χ1v) is 9.06. The number of carbonyl (C=O) groups excluding carboxylic acids is 3. The lowest BCUT2D eigenvalue weighted by atomic mass is 10.1. The Morgan fingerprint density at radius 3 is 2.52 bits per heavy atom. The highest BCUT2D eigenvalue weighted by Crippen LogP contribution is 2.23. The van der Waals surface area contributed by atoms with Crippen molar-refractivity contribution >= 4 is 29.1 Å². The van der Waals surface area contributed by atoms with E-state index in [1.165, 1.54) is 23.5 Å². The van der Waals surface area contributed by atoms with Crippen molar-refractivity contribution in [1.29, 1.82) is 0 Å². The van der Waals surface area contributed by atoms with Crippen LogP contribution in [0.4, 0.5) is 0 Å². The zero-order valence-electron chi connectivity index (χ0n) is 14.0. The van der Waals surface area contributed by atoms with Gasteiger partial charge in [0, 0.05) is 12.8 Å². The smallest absolute Gasteiger partial charge is 0.333 e. The van der Waals surface area contributed by atoms with Crippen LogP contribution in [0.1, 0.15) is 39.4 Å². The number of aromatic nitrogens is 2. The molecule has 0 N–H and O–H groups in total. The van der Waals surface area contributed by atoms with E-state index >= 15 is 0 Å². The lowest BCUT2D eigenvalue weighted by Gasteiger charge is -2.12. The molecule has 2 aromatic heterocycles. The molecule has 2 amide bonds. The van der Waals surface area contributed by atoms with E-state index in [0.29, 0.717) is 29.6 Å². The molecule has 9 heteroatoms. The second-order valence-corrected chi connectivity index (χ2v) is 6.70. The number of thiophene rings is 1. The maximum absolute atomic E-state index is 12.1.